The first-order valence-corrected chi connectivity index (χ1v) is 13.3. The number of pyridine rings is 2. The van der Waals surface area contributed by atoms with Crippen molar-refractivity contribution in [1.29, 1.82) is 0 Å². The number of halogens is 1. The van der Waals surface area contributed by atoms with Crippen molar-refractivity contribution in [2.45, 2.75) is 25.3 Å². The predicted molar refractivity (Wildman–Crippen MR) is 152 cm³/mol. The van der Waals surface area contributed by atoms with Gasteiger partial charge in [0, 0.05) is 37.0 Å². The van der Waals surface area contributed by atoms with Crippen molar-refractivity contribution >= 4 is 39.7 Å². The molecule has 40 heavy (non-hydrogen) atoms. The smallest absolute Gasteiger partial charge is 0.262 e. The van der Waals surface area contributed by atoms with Crippen LogP contribution >= 0.6 is 0 Å². The van der Waals surface area contributed by atoms with Gasteiger partial charge < -0.3 is 10.4 Å². The molecule has 1 atom stereocenters. The lowest BCUT2D eigenvalue weighted by Gasteiger charge is -2.35. The highest BCUT2D eigenvalue weighted by Crippen LogP contribution is 2.33. The summed E-state index contributed by atoms with van der Waals surface area (Å²) in [6, 6.07) is 15.5. The molecule has 202 valence electrons. The molecule has 1 aliphatic heterocycles. The number of nitrogens with zero attached hydrogens (tertiary/aromatic N) is 6. The minimum atomic E-state index is -0.667. The summed E-state index contributed by atoms with van der Waals surface area (Å²) in [5, 5.41) is 22.6. The van der Waals surface area contributed by atoms with Crippen molar-refractivity contribution in [1.82, 2.24) is 30.3 Å². The van der Waals surface area contributed by atoms with Crippen LogP contribution < -0.4 is 10.2 Å². The van der Waals surface area contributed by atoms with Gasteiger partial charge in [-0.25, -0.2) is 14.4 Å². The minimum absolute atomic E-state index is 0.0421. The number of anilines is 1. The lowest BCUT2D eigenvalue weighted by atomic mass is 10.00. The van der Waals surface area contributed by atoms with Crippen molar-refractivity contribution in [3.8, 4) is 5.69 Å². The maximum atomic E-state index is 15.7. The van der Waals surface area contributed by atoms with Crippen LogP contribution in [0.4, 0.5) is 10.2 Å². The summed E-state index contributed by atoms with van der Waals surface area (Å²) in [6.45, 7) is 1.47. The second kappa shape index (κ2) is 11.3. The molecule has 2 aromatic carbocycles. The number of hydrogen-bond donors (Lipinski definition) is 2. The minimum Gasteiger partial charge on any atom is -0.396 e. The third-order valence-electron chi connectivity index (χ3n) is 7.12. The van der Waals surface area contributed by atoms with Gasteiger partial charge in [-0.05, 0) is 67.1 Å². The number of amides is 1. The Kier molecular flexibility index (Phi) is 7.26. The second-order valence-electron chi connectivity index (χ2n) is 9.68. The number of piperidine rings is 1. The molecule has 1 saturated heterocycles. The molecule has 0 bridgehead atoms. The van der Waals surface area contributed by atoms with Gasteiger partial charge in [0.25, 0.3) is 5.91 Å². The van der Waals surface area contributed by atoms with Gasteiger partial charge in [-0.3, -0.25) is 9.69 Å². The SMILES string of the molecule is O=C(c1ccc(-n2nnc3cccnc32)cc1F)N(c1nccc2cccc(/C=C/CCO)c12)[C@@H]1CCCNC1. The molecule has 0 radical (unpaired) electrons. The first-order chi connectivity index (χ1) is 19.7. The number of benzene rings is 2. The number of nitrogens with one attached hydrogen (secondary N) is 1. The van der Waals surface area contributed by atoms with E-state index in [1.165, 1.54) is 16.8 Å². The van der Waals surface area contributed by atoms with Crippen LogP contribution in [0.25, 0.3) is 33.7 Å². The highest BCUT2D eigenvalue weighted by molar-refractivity contribution is 6.11. The van der Waals surface area contributed by atoms with E-state index in [0.717, 1.165) is 35.7 Å². The molecule has 0 spiro atoms. The number of aromatic nitrogens is 5. The number of aliphatic hydroxyl groups is 1. The predicted octanol–water partition coefficient (Wildman–Crippen LogP) is 4.30. The van der Waals surface area contributed by atoms with E-state index >= 15 is 4.39 Å². The molecule has 2 N–H and O–H groups in total. The van der Waals surface area contributed by atoms with Gasteiger partial charge in [0.2, 0.25) is 0 Å². The van der Waals surface area contributed by atoms with E-state index in [4.69, 9.17) is 0 Å². The molecule has 0 aliphatic carbocycles. The fraction of sp³-hybridized carbons (Fsp3) is 0.233. The van der Waals surface area contributed by atoms with Crippen LogP contribution in [0.5, 0.6) is 0 Å². The molecule has 0 unspecified atom stereocenters. The molecule has 5 aromatic rings. The van der Waals surface area contributed by atoms with Crippen LogP contribution in [-0.2, 0) is 0 Å². The van der Waals surface area contributed by atoms with E-state index in [9.17, 15) is 9.90 Å². The molecular formula is C30H28FN7O2. The quantitative estimate of drug-likeness (QED) is 0.319. The fourth-order valence-corrected chi connectivity index (χ4v) is 5.21. The van der Waals surface area contributed by atoms with Crippen molar-refractivity contribution in [2.24, 2.45) is 0 Å². The third-order valence-corrected chi connectivity index (χ3v) is 7.12. The summed E-state index contributed by atoms with van der Waals surface area (Å²) in [7, 11) is 0. The van der Waals surface area contributed by atoms with Gasteiger partial charge in [0.15, 0.2) is 5.65 Å². The van der Waals surface area contributed by atoms with Crippen LogP contribution in [0.2, 0.25) is 0 Å². The Morgan fingerprint density at radius 2 is 2.08 bits per heavy atom. The second-order valence-corrected chi connectivity index (χ2v) is 9.68. The zero-order chi connectivity index (χ0) is 27.5. The van der Waals surface area contributed by atoms with Crippen LogP contribution in [0, 0.1) is 5.82 Å². The fourth-order valence-electron chi connectivity index (χ4n) is 5.21. The summed E-state index contributed by atoms with van der Waals surface area (Å²) in [5.74, 6) is -0.650. The molecule has 1 fully saturated rings. The highest BCUT2D eigenvalue weighted by Gasteiger charge is 2.32. The van der Waals surface area contributed by atoms with Crippen molar-refractivity contribution in [3.63, 3.8) is 0 Å². The maximum absolute atomic E-state index is 15.7. The summed E-state index contributed by atoms with van der Waals surface area (Å²) < 4.78 is 17.2. The van der Waals surface area contributed by atoms with E-state index in [-0.39, 0.29) is 18.2 Å². The normalized spacial score (nSPS) is 15.7. The van der Waals surface area contributed by atoms with Gasteiger partial charge in [-0.2, -0.15) is 4.68 Å². The highest BCUT2D eigenvalue weighted by atomic mass is 19.1. The number of hydrogen-bond acceptors (Lipinski definition) is 7. The topological polar surface area (TPSA) is 109 Å². The van der Waals surface area contributed by atoms with Gasteiger partial charge in [-0.1, -0.05) is 35.6 Å². The number of fused-ring (bicyclic) bond motifs is 2. The third kappa shape index (κ3) is 4.83. The molecule has 3 aromatic heterocycles. The Morgan fingerprint density at radius 3 is 2.90 bits per heavy atom. The summed E-state index contributed by atoms with van der Waals surface area (Å²) in [6.07, 6.45) is 9.27. The molecular weight excluding hydrogens is 509 g/mol. The van der Waals surface area contributed by atoms with Gasteiger partial charge in [0.05, 0.1) is 17.3 Å². The van der Waals surface area contributed by atoms with Crippen molar-refractivity contribution in [2.75, 3.05) is 24.6 Å². The molecule has 9 nitrogen and oxygen atoms in total. The first-order valence-electron chi connectivity index (χ1n) is 13.3. The van der Waals surface area contributed by atoms with E-state index < -0.39 is 11.7 Å². The van der Waals surface area contributed by atoms with Gasteiger partial charge in [-0.15, -0.1) is 5.10 Å². The number of rotatable bonds is 7. The molecule has 0 saturated carbocycles. The largest absolute Gasteiger partial charge is 0.396 e. The Morgan fingerprint density at radius 1 is 1.15 bits per heavy atom. The molecule has 1 aliphatic rings. The Bertz CT molecular complexity index is 1710. The zero-order valence-electron chi connectivity index (χ0n) is 21.7. The maximum Gasteiger partial charge on any atom is 0.262 e. The standard InChI is InChI=1S/C30H28FN7O2/c31-25-18-22(38-28-26(35-36-38)10-5-15-33-28)11-12-24(25)30(40)37(23-9-4-14-32-19-23)29-27-20(6-1-2-17-39)7-3-8-21(27)13-16-34-29/h1,3,5-8,10-13,15-16,18,23,32,39H,2,4,9,14,17,19H2/b6-1+/t23-/m1/s1. The average Bonchev–Trinajstić information content (AvgIpc) is 3.42. The summed E-state index contributed by atoms with van der Waals surface area (Å²) in [5.41, 5.74) is 2.32. The monoisotopic (exact) mass is 537 g/mol. The molecule has 4 heterocycles. The Hall–Kier alpha value is -4.54. The Balaban J connectivity index is 1.45. The van der Waals surface area contributed by atoms with Crippen LogP contribution in [0.15, 0.2) is 73.1 Å². The molecule has 1 amide bonds. The lowest BCUT2D eigenvalue weighted by molar-refractivity contribution is 0.0968. The van der Waals surface area contributed by atoms with Crippen LogP contribution in [0.3, 0.4) is 0 Å². The van der Waals surface area contributed by atoms with Gasteiger partial charge in [0.1, 0.15) is 17.2 Å². The van der Waals surface area contributed by atoms with Gasteiger partial charge >= 0.3 is 0 Å². The number of carbonyl (C=O) groups is 1. The van der Waals surface area contributed by atoms with Crippen molar-refractivity contribution in [3.05, 3.63) is 90.0 Å². The number of carbonyl (C=O) groups excluding carboxylic acids is 1. The molecule has 6 rings (SSSR count). The average molecular weight is 538 g/mol. The molecule has 10 heteroatoms. The van der Waals surface area contributed by atoms with E-state index in [1.54, 1.807) is 35.5 Å². The Labute approximate surface area is 230 Å². The van der Waals surface area contributed by atoms with Crippen LogP contribution in [-0.4, -0.2) is 61.7 Å². The van der Waals surface area contributed by atoms with E-state index in [1.807, 2.05) is 36.4 Å². The zero-order valence-corrected chi connectivity index (χ0v) is 21.7. The summed E-state index contributed by atoms with van der Waals surface area (Å²) in [4.78, 5) is 24.8. The van der Waals surface area contributed by atoms with Crippen LogP contribution in [0.1, 0.15) is 35.2 Å². The van der Waals surface area contributed by atoms with Crippen molar-refractivity contribution < 1.29 is 14.3 Å². The first kappa shape index (κ1) is 25.7. The van der Waals surface area contributed by atoms with E-state index in [0.29, 0.717) is 35.6 Å². The number of aliphatic hydroxyl groups excluding tert-OH is 1. The van der Waals surface area contributed by atoms with E-state index in [2.05, 4.69) is 25.6 Å². The lowest BCUT2D eigenvalue weighted by Crippen LogP contribution is -2.49. The summed E-state index contributed by atoms with van der Waals surface area (Å²) >= 11 is 0.